The molecule has 2 bridgehead atoms. The molecule has 2 aliphatic carbocycles. The zero-order chi connectivity index (χ0) is 20.6. The first-order chi connectivity index (χ1) is 13.9. The van der Waals surface area contributed by atoms with Gasteiger partial charge < -0.3 is 29.7 Å². The number of aliphatic hydroxyl groups excluding tert-OH is 1. The van der Waals surface area contributed by atoms with Crippen LogP contribution in [0.5, 0.6) is 11.5 Å². The monoisotopic (exact) mass is 404 g/mol. The molecule has 2 unspecified atom stereocenters. The average Bonchev–Trinajstić information content (AvgIpc) is 3.06. The lowest BCUT2D eigenvalue weighted by molar-refractivity contribution is -0.204. The van der Waals surface area contributed by atoms with E-state index in [2.05, 4.69) is 17.3 Å². The number of aliphatic carboxylic acids is 1. The highest BCUT2D eigenvalue weighted by Gasteiger charge is 2.73. The van der Waals surface area contributed by atoms with Crippen LogP contribution in [0, 0.1) is 0 Å². The molecule has 1 aromatic carbocycles. The van der Waals surface area contributed by atoms with Gasteiger partial charge in [-0.3, -0.25) is 10.1 Å². The highest BCUT2D eigenvalue weighted by atomic mass is 16.5. The van der Waals surface area contributed by atoms with Crippen LogP contribution in [0.3, 0.4) is 0 Å². The number of phenols is 1. The van der Waals surface area contributed by atoms with Crippen LogP contribution in [0.1, 0.15) is 30.4 Å². The molecular formula is C21H28N2O6. The molecule has 2 aliphatic heterocycles. The number of phenolic OH excluding ortho intramolecular Hbond substituents is 1. The molecule has 1 saturated heterocycles. The van der Waals surface area contributed by atoms with Crippen LogP contribution in [0.4, 0.5) is 0 Å². The number of nitrogens with one attached hydrogen (secondary N) is 1. The number of rotatable bonds is 5. The first-order valence-electron chi connectivity index (χ1n) is 10.3. The smallest absolute Gasteiger partial charge is 0.323 e. The molecule has 4 aliphatic rings. The molecule has 0 amide bonds. The Hall–Kier alpha value is -1.87. The number of aliphatic hydroxyl groups is 1. The van der Waals surface area contributed by atoms with E-state index in [1.165, 1.54) is 5.56 Å². The van der Waals surface area contributed by atoms with Crippen LogP contribution in [0.15, 0.2) is 12.1 Å². The number of likely N-dealkylation sites (N-methyl/N-ethyl adjacent to an activating group) is 1. The quantitative estimate of drug-likeness (QED) is 0.552. The van der Waals surface area contributed by atoms with Crippen molar-refractivity contribution in [3.05, 3.63) is 23.3 Å². The number of benzene rings is 1. The molecule has 2 heterocycles. The number of piperidine rings is 1. The Labute approximate surface area is 169 Å². The lowest BCUT2D eigenvalue weighted by Crippen LogP contribution is -2.78. The van der Waals surface area contributed by atoms with Gasteiger partial charge in [0.1, 0.15) is 12.1 Å². The normalized spacial score (nSPS) is 38.2. The van der Waals surface area contributed by atoms with Crippen molar-refractivity contribution in [3.8, 4) is 11.5 Å². The lowest BCUT2D eigenvalue weighted by Gasteiger charge is -2.65. The van der Waals surface area contributed by atoms with E-state index in [0.717, 1.165) is 31.4 Å². The van der Waals surface area contributed by atoms with Crippen molar-refractivity contribution >= 4 is 5.97 Å². The average molecular weight is 404 g/mol. The fourth-order valence-electron chi connectivity index (χ4n) is 6.77. The van der Waals surface area contributed by atoms with Crippen molar-refractivity contribution < 1.29 is 29.6 Å². The van der Waals surface area contributed by atoms with Crippen LogP contribution in [0.25, 0.3) is 0 Å². The summed E-state index contributed by atoms with van der Waals surface area (Å²) in [5.74, 6) is -0.454. The number of methoxy groups -OCH3 is 1. The van der Waals surface area contributed by atoms with E-state index in [-0.39, 0.29) is 23.9 Å². The number of hydrogen-bond acceptors (Lipinski definition) is 7. The number of ether oxygens (including phenoxy) is 2. The van der Waals surface area contributed by atoms with Crippen LogP contribution < -0.4 is 10.1 Å². The maximum absolute atomic E-state index is 11.5. The van der Waals surface area contributed by atoms with Gasteiger partial charge in [-0.25, -0.2) is 0 Å². The number of aromatic hydroxyl groups is 1. The predicted octanol–water partition coefficient (Wildman–Crippen LogP) is 0.234. The number of carboxylic acid groups (broad SMARTS) is 1. The minimum atomic E-state index is -1.09. The third-order valence-corrected chi connectivity index (χ3v) is 7.95. The Morgan fingerprint density at radius 3 is 2.93 bits per heavy atom. The van der Waals surface area contributed by atoms with Gasteiger partial charge >= 0.3 is 5.97 Å². The molecule has 0 aromatic heterocycles. The topological polar surface area (TPSA) is 111 Å². The maximum atomic E-state index is 11.5. The van der Waals surface area contributed by atoms with Gasteiger partial charge in [0.15, 0.2) is 11.5 Å². The molecular weight excluding hydrogens is 376 g/mol. The Morgan fingerprint density at radius 2 is 2.24 bits per heavy atom. The third kappa shape index (κ3) is 2.20. The van der Waals surface area contributed by atoms with E-state index in [4.69, 9.17) is 9.47 Å². The van der Waals surface area contributed by atoms with Crippen LogP contribution in [0.2, 0.25) is 0 Å². The zero-order valence-electron chi connectivity index (χ0n) is 16.7. The molecule has 6 atom stereocenters. The number of likely N-dealkylation sites (tertiary alicyclic amines) is 1. The molecule has 1 spiro atoms. The molecule has 158 valence electrons. The first-order valence-corrected chi connectivity index (χ1v) is 10.3. The van der Waals surface area contributed by atoms with Gasteiger partial charge in [0.05, 0.1) is 17.6 Å². The molecule has 1 aromatic rings. The van der Waals surface area contributed by atoms with Gasteiger partial charge in [-0.2, -0.15) is 0 Å². The van der Waals surface area contributed by atoms with Crippen molar-refractivity contribution in [1.82, 2.24) is 10.2 Å². The molecule has 4 N–H and O–H groups in total. The minimum absolute atomic E-state index is 0.116. The van der Waals surface area contributed by atoms with E-state index in [9.17, 15) is 20.1 Å². The lowest BCUT2D eigenvalue weighted by atomic mass is 9.48. The Kier molecular flexibility index (Phi) is 4.16. The van der Waals surface area contributed by atoms with E-state index >= 15 is 0 Å². The molecule has 29 heavy (non-hydrogen) atoms. The van der Waals surface area contributed by atoms with E-state index in [1.54, 1.807) is 13.2 Å². The minimum Gasteiger partial charge on any atom is -0.504 e. The van der Waals surface area contributed by atoms with Crippen molar-refractivity contribution in [2.45, 2.75) is 60.9 Å². The van der Waals surface area contributed by atoms with Gasteiger partial charge in [-0.15, -0.1) is 0 Å². The molecule has 5 rings (SSSR count). The standard InChI is InChI=1S/C21H28N2O6/c1-23-8-7-20-16-11-3-4-14(25)17(16)29-18(20)12(22-13(10-24)19(26)27)5-6-21(20,28-2)15(23)9-11/h3-4,12-13,15,18,22,24-25H,5-10H2,1-2H3,(H,26,27)/t12?,13-,15+,18?,20-,21+/m0/s1. The van der Waals surface area contributed by atoms with Crippen molar-refractivity contribution in [3.63, 3.8) is 0 Å². The summed E-state index contributed by atoms with van der Waals surface area (Å²) >= 11 is 0. The molecule has 8 nitrogen and oxygen atoms in total. The third-order valence-electron chi connectivity index (χ3n) is 7.95. The summed E-state index contributed by atoms with van der Waals surface area (Å²) in [6.07, 6.45) is 2.68. The van der Waals surface area contributed by atoms with Crippen LogP contribution in [-0.4, -0.2) is 83.3 Å². The van der Waals surface area contributed by atoms with Gasteiger partial charge in [0.2, 0.25) is 0 Å². The largest absolute Gasteiger partial charge is 0.504 e. The van der Waals surface area contributed by atoms with Crippen LogP contribution >= 0.6 is 0 Å². The first kappa shape index (κ1) is 19.1. The van der Waals surface area contributed by atoms with Gasteiger partial charge in [0.25, 0.3) is 0 Å². The predicted molar refractivity (Wildman–Crippen MR) is 103 cm³/mol. The molecule has 2 fully saturated rings. The Morgan fingerprint density at radius 1 is 1.45 bits per heavy atom. The highest BCUT2D eigenvalue weighted by Crippen LogP contribution is 2.66. The van der Waals surface area contributed by atoms with Gasteiger partial charge in [-0.05, 0) is 50.9 Å². The fourth-order valence-corrected chi connectivity index (χ4v) is 6.77. The second-order valence-electron chi connectivity index (χ2n) is 8.89. The Balaban J connectivity index is 1.68. The summed E-state index contributed by atoms with van der Waals surface area (Å²) in [5, 5.41) is 32.7. The zero-order valence-corrected chi connectivity index (χ0v) is 16.7. The summed E-state index contributed by atoms with van der Waals surface area (Å²) in [6.45, 7) is 0.384. The molecule has 1 saturated carbocycles. The number of nitrogens with zero attached hydrogens (tertiary/aromatic N) is 1. The van der Waals surface area contributed by atoms with E-state index in [1.807, 2.05) is 6.07 Å². The second-order valence-corrected chi connectivity index (χ2v) is 8.89. The fraction of sp³-hybridized carbons (Fsp3) is 0.667. The molecule has 8 heteroatoms. The summed E-state index contributed by atoms with van der Waals surface area (Å²) in [7, 11) is 3.89. The summed E-state index contributed by atoms with van der Waals surface area (Å²) in [6, 6.07) is 2.53. The number of hydrogen-bond donors (Lipinski definition) is 4. The number of carboxylic acids is 1. The van der Waals surface area contributed by atoms with E-state index < -0.39 is 29.6 Å². The van der Waals surface area contributed by atoms with Crippen LogP contribution in [-0.2, 0) is 21.4 Å². The summed E-state index contributed by atoms with van der Waals surface area (Å²) < 4.78 is 12.8. The van der Waals surface area contributed by atoms with E-state index in [0.29, 0.717) is 12.2 Å². The SMILES string of the molecule is CO[C@@]12CCC(N[C@@H](CO)C(=O)O)C3Oc4c(O)ccc5c4[C@@]31CCN(C)[C@@H]2C5. The van der Waals surface area contributed by atoms with Crippen molar-refractivity contribution in [2.24, 2.45) is 0 Å². The molecule has 0 radical (unpaired) electrons. The van der Waals surface area contributed by atoms with Crippen molar-refractivity contribution in [2.75, 3.05) is 27.3 Å². The van der Waals surface area contributed by atoms with Gasteiger partial charge in [-0.1, -0.05) is 6.07 Å². The summed E-state index contributed by atoms with van der Waals surface area (Å²) in [4.78, 5) is 13.9. The maximum Gasteiger partial charge on any atom is 0.323 e. The second kappa shape index (κ2) is 6.31. The Bertz CT molecular complexity index is 862. The summed E-state index contributed by atoms with van der Waals surface area (Å²) in [5.41, 5.74) is 1.28. The van der Waals surface area contributed by atoms with Crippen molar-refractivity contribution in [1.29, 1.82) is 0 Å². The van der Waals surface area contributed by atoms with Gasteiger partial charge in [0, 0.05) is 24.8 Å². The number of carbonyl (C=O) groups is 1. The highest BCUT2D eigenvalue weighted by molar-refractivity contribution is 5.73.